The molecule has 1 heterocycles. The van der Waals surface area contributed by atoms with Gasteiger partial charge in [0.1, 0.15) is 11.4 Å². The van der Waals surface area contributed by atoms with Gasteiger partial charge < -0.3 is 11.5 Å². The van der Waals surface area contributed by atoms with Crippen molar-refractivity contribution in [1.82, 2.24) is 9.78 Å². The summed E-state index contributed by atoms with van der Waals surface area (Å²) in [6.45, 7) is 0. The Morgan fingerprint density at radius 3 is 2.44 bits per heavy atom. The first-order chi connectivity index (χ1) is 7.58. The van der Waals surface area contributed by atoms with E-state index in [0.717, 1.165) is 0 Å². The van der Waals surface area contributed by atoms with E-state index >= 15 is 0 Å². The molecule has 2 aromatic rings. The Bertz CT molecular complexity index is 532. The van der Waals surface area contributed by atoms with Crippen LogP contribution in [0.4, 0.5) is 10.2 Å². The fourth-order valence-electron chi connectivity index (χ4n) is 1.30. The van der Waals surface area contributed by atoms with Crippen molar-refractivity contribution in [3.8, 4) is 5.69 Å². The van der Waals surface area contributed by atoms with E-state index in [1.807, 2.05) is 0 Å². The van der Waals surface area contributed by atoms with Crippen LogP contribution < -0.4 is 11.5 Å². The number of nitrogens with zero attached hydrogens (tertiary/aromatic N) is 2. The molecule has 1 amide bonds. The van der Waals surface area contributed by atoms with E-state index in [9.17, 15) is 9.18 Å². The standard InChI is InChI=1S/C10H9FN4O/c11-6-1-3-7(4-2-6)15-5-8(10(13)16)9(12)14-15/h1-5H,(H2,12,14)(H2,13,16). The Morgan fingerprint density at radius 1 is 1.31 bits per heavy atom. The van der Waals surface area contributed by atoms with Crippen LogP contribution in [-0.2, 0) is 0 Å². The van der Waals surface area contributed by atoms with Crippen molar-refractivity contribution in [2.45, 2.75) is 0 Å². The van der Waals surface area contributed by atoms with Gasteiger partial charge in [-0.1, -0.05) is 0 Å². The molecule has 0 unspecified atom stereocenters. The van der Waals surface area contributed by atoms with Crippen molar-refractivity contribution >= 4 is 11.7 Å². The third-order valence-electron chi connectivity index (χ3n) is 2.10. The van der Waals surface area contributed by atoms with Gasteiger partial charge in [0.2, 0.25) is 0 Å². The second-order valence-electron chi connectivity index (χ2n) is 3.21. The van der Waals surface area contributed by atoms with Gasteiger partial charge in [0, 0.05) is 6.20 Å². The van der Waals surface area contributed by atoms with Crippen LogP contribution in [0.2, 0.25) is 0 Å². The highest BCUT2D eigenvalue weighted by molar-refractivity contribution is 5.96. The molecule has 0 aliphatic heterocycles. The van der Waals surface area contributed by atoms with Gasteiger partial charge in [-0.25, -0.2) is 9.07 Å². The smallest absolute Gasteiger partial charge is 0.254 e. The Hall–Kier alpha value is -2.37. The minimum atomic E-state index is -0.647. The molecule has 2 rings (SSSR count). The minimum Gasteiger partial charge on any atom is -0.382 e. The molecule has 0 saturated heterocycles. The zero-order valence-electron chi connectivity index (χ0n) is 8.22. The lowest BCUT2D eigenvalue weighted by atomic mass is 10.3. The van der Waals surface area contributed by atoms with Crippen LogP contribution >= 0.6 is 0 Å². The van der Waals surface area contributed by atoms with Gasteiger partial charge >= 0.3 is 0 Å². The predicted molar refractivity (Wildman–Crippen MR) is 56.5 cm³/mol. The fourth-order valence-corrected chi connectivity index (χ4v) is 1.30. The van der Waals surface area contributed by atoms with Crippen molar-refractivity contribution in [1.29, 1.82) is 0 Å². The molecular formula is C10H9FN4O. The topological polar surface area (TPSA) is 86.9 Å². The Labute approximate surface area is 90.5 Å². The van der Waals surface area contributed by atoms with Gasteiger partial charge in [0.25, 0.3) is 5.91 Å². The van der Waals surface area contributed by atoms with E-state index in [1.54, 1.807) is 0 Å². The number of amides is 1. The summed E-state index contributed by atoms with van der Waals surface area (Å²) in [4.78, 5) is 10.9. The van der Waals surface area contributed by atoms with Crippen molar-refractivity contribution in [3.05, 3.63) is 41.8 Å². The maximum atomic E-state index is 12.7. The first-order valence-corrected chi connectivity index (χ1v) is 4.49. The third-order valence-corrected chi connectivity index (χ3v) is 2.10. The summed E-state index contributed by atoms with van der Waals surface area (Å²) >= 11 is 0. The van der Waals surface area contributed by atoms with E-state index in [2.05, 4.69) is 5.10 Å². The molecule has 0 saturated carbocycles. The Balaban J connectivity index is 2.45. The summed E-state index contributed by atoms with van der Waals surface area (Å²) in [5, 5.41) is 3.90. The Kier molecular flexibility index (Phi) is 2.32. The normalized spacial score (nSPS) is 10.3. The van der Waals surface area contributed by atoms with Crippen molar-refractivity contribution < 1.29 is 9.18 Å². The number of rotatable bonds is 2. The van der Waals surface area contributed by atoms with E-state index < -0.39 is 5.91 Å². The molecule has 5 nitrogen and oxygen atoms in total. The summed E-state index contributed by atoms with van der Waals surface area (Å²) in [6, 6.07) is 5.62. The molecule has 0 atom stereocenters. The van der Waals surface area contributed by atoms with Crippen molar-refractivity contribution in [3.63, 3.8) is 0 Å². The molecule has 1 aromatic heterocycles. The van der Waals surface area contributed by atoms with E-state index in [-0.39, 0.29) is 17.2 Å². The molecule has 6 heteroatoms. The first-order valence-electron chi connectivity index (χ1n) is 4.49. The lowest BCUT2D eigenvalue weighted by molar-refractivity contribution is 0.100. The van der Waals surface area contributed by atoms with Crippen LogP contribution in [0.15, 0.2) is 30.5 Å². The average Bonchev–Trinajstić information content (AvgIpc) is 2.61. The molecular weight excluding hydrogens is 211 g/mol. The lowest BCUT2D eigenvalue weighted by Crippen LogP contribution is -2.11. The molecule has 0 aliphatic carbocycles. The van der Waals surface area contributed by atoms with Gasteiger partial charge in [0.15, 0.2) is 5.82 Å². The summed E-state index contributed by atoms with van der Waals surface area (Å²) in [7, 11) is 0. The highest BCUT2D eigenvalue weighted by Gasteiger charge is 2.11. The largest absolute Gasteiger partial charge is 0.382 e. The fraction of sp³-hybridized carbons (Fsp3) is 0. The molecule has 1 aromatic carbocycles. The highest BCUT2D eigenvalue weighted by atomic mass is 19.1. The van der Waals surface area contributed by atoms with E-state index in [0.29, 0.717) is 5.69 Å². The maximum Gasteiger partial charge on any atom is 0.254 e. The molecule has 0 spiro atoms. The lowest BCUT2D eigenvalue weighted by Gasteiger charge is -1.99. The molecule has 0 aliphatic rings. The van der Waals surface area contributed by atoms with Crippen LogP contribution in [0.3, 0.4) is 0 Å². The van der Waals surface area contributed by atoms with E-state index in [1.165, 1.54) is 35.1 Å². The van der Waals surface area contributed by atoms with Gasteiger partial charge in [0.05, 0.1) is 5.69 Å². The number of nitrogens with two attached hydrogens (primary N) is 2. The first kappa shape index (κ1) is 10.2. The molecule has 0 fully saturated rings. The van der Waals surface area contributed by atoms with Crippen LogP contribution in [0.5, 0.6) is 0 Å². The number of nitrogen functional groups attached to an aromatic ring is 1. The monoisotopic (exact) mass is 220 g/mol. The van der Waals surface area contributed by atoms with Gasteiger partial charge in [-0.3, -0.25) is 4.79 Å². The second-order valence-corrected chi connectivity index (χ2v) is 3.21. The number of carbonyl (C=O) groups excluding carboxylic acids is 1. The summed E-state index contributed by atoms with van der Waals surface area (Å²) in [5.74, 6) is -0.943. The minimum absolute atomic E-state index is 0.0526. The van der Waals surface area contributed by atoms with Gasteiger partial charge in [-0.2, -0.15) is 0 Å². The molecule has 16 heavy (non-hydrogen) atoms. The number of primary amides is 1. The quantitative estimate of drug-likeness (QED) is 0.780. The van der Waals surface area contributed by atoms with Crippen LogP contribution in [0.25, 0.3) is 5.69 Å². The molecule has 4 N–H and O–H groups in total. The predicted octanol–water partition coefficient (Wildman–Crippen LogP) is 0.693. The number of carbonyl (C=O) groups is 1. The summed E-state index contributed by atoms with van der Waals surface area (Å²) in [5.41, 5.74) is 11.3. The summed E-state index contributed by atoms with van der Waals surface area (Å²) < 4.78 is 14.1. The zero-order valence-corrected chi connectivity index (χ0v) is 8.22. The number of hydrogen-bond acceptors (Lipinski definition) is 3. The summed E-state index contributed by atoms with van der Waals surface area (Å²) in [6.07, 6.45) is 1.41. The number of benzene rings is 1. The number of hydrogen-bond donors (Lipinski definition) is 2. The van der Waals surface area contributed by atoms with Crippen LogP contribution in [0.1, 0.15) is 10.4 Å². The van der Waals surface area contributed by atoms with Gasteiger partial charge in [-0.05, 0) is 24.3 Å². The van der Waals surface area contributed by atoms with E-state index in [4.69, 9.17) is 11.5 Å². The molecule has 0 radical (unpaired) electrons. The third kappa shape index (κ3) is 1.72. The maximum absolute atomic E-state index is 12.7. The number of anilines is 1. The molecule has 82 valence electrons. The van der Waals surface area contributed by atoms with Crippen molar-refractivity contribution in [2.24, 2.45) is 5.73 Å². The second kappa shape index (κ2) is 3.65. The highest BCUT2D eigenvalue weighted by Crippen LogP contribution is 2.13. The van der Waals surface area contributed by atoms with Crippen LogP contribution in [-0.4, -0.2) is 15.7 Å². The molecule has 0 bridgehead atoms. The number of aromatic nitrogens is 2. The average molecular weight is 220 g/mol. The zero-order chi connectivity index (χ0) is 11.7. The van der Waals surface area contributed by atoms with Gasteiger partial charge in [-0.15, -0.1) is 5.10 Å². The van der Waals surface area contributed by atoms with Crippen LogP contribution in [0, 0.1) is 5.82 Å². The SMILES string of the molecule is NC(=O)c1cn(-c2ccc(F)cc2)nc1N. The van der Waals surface area contributed by atoms with Crippen molar-refractivity contribution in [2.75, 3.05) is 5.73 Å². The number of halogens is 1. The Morgan fingerprint density at radius 2 is 1.94 bits per heavy atom.